The average Bonchev–Trinajstić information content (AvgIpc) is 3.05. The quantitative estimate of drug-likeness (QED) is 0.135. The van der Waals surface area contributed by atoms with Gasteiger partial charge in [0.1, 0.15) is 0 Å². The maximum atomic E-state index is 8.99. The van der Waals surface area contributed by atoms with Crippen LogP contribution in [0.4, 0.5) is 34.1 Å². The number of rotatable bonds is 10. The summed E-state index contributed by atoms with van der Waals surface area (Å²) < 4.78 is 0. The Morgan fingerprint density at radius 3 is 1.58 bits per heavy atom. The highest BCUT2D eigenvalue weighted by atomic mass is 16.2. The van der Waals surface area contributed by atoms with Crippen molar-refractivity contribution >= 4 is 57.2 Å². The number of benzene rings is 5. The molecule has 2 aliphatic heterocycles. The highest BCUT2D eigenvalue weighted by molar-refractivity contribution is 7.00. The van der Waals surface area contributed by atoms with Crippen LogP contribution in [0.15, 0.2) is 115 Å². The van der Waals surface area contributed by atoms with Gasteiger partial charge in [0.05, 0.1) is 0 Å². The van der Waals surface area contributed by atoms with Crippen LogP contribution in [0.2, 0.25) is 0 Å². The first-order valence-corrected chi connectivity index (χ1v) is 15.9. The van der Waals surface area contributed by atoms with Crippen LogP contribution in [-0.4, -0.2) is 18.4 Å². The Morgan fingerprint density at radius 1 is 0.512 bits per heavy atom. The standard InChI is InChI=1S/C39H39BN2O/c1-29-20-24-31(25-21-29)41-35-16-9-7-14-33(35)40-34-15-8-10-17-36(34)42(38-19-12-18-37(41)39(38)40)32-26-22-30(23-27-32)13-6-4-2-3-5-11-28-43/h7-10,12,14-27,43H,2-6,11,13,28H2,1H3. The molecule has 43 heavy (non-hydrogen) atoms. The third-order valence-electron chi connectivity index (χ3n) is 9.17. The minimum absolute atomic E-state index is 0.174. The largest absolute Gasteiger partial charge is 0.396 e. The van der Waals surface area contributed by atoms with Crippen molar-refractivity contribution in [2.45, 2.75) is 51.9 Å². The molecule has 0 saturated carbocycles. The predicted octanol–water partition coefficient (Wildman–Crippen LogP) is 7.95. The molecule has 214 valence electrons. The first-order chi connectivity index (χ1) is 21.2. The lowest BCUT2D eigenvalue weighted by Crippen LogP contribution is -2.61. The molecule has 2 aliphatic rings. The molecule has 0 aromatic heterocycles. The van der Waals surface area contributed by atoms with Crippen molar-refractivity contribution in [2.75, 3.05) is 16.4 Å². The Bertz CT molecular complexity index is 1710. The topological polar surface area (TPSA) is 26.7 Å². The van der Waals surface area contributed by atoms with Crippen LogP contribution >= 0.6 is 0 Å². The second kappa shape index (κ2) is 12.1. The molecule has 0 aliphatic carbocycles. The number of aliphatic hydroxyl groups is 1. The number of aryl methyl sites for hydroxylation is 2. The number of anilines is 6. The van der Waals surface area contributed by atoms with Gasteiger partial charge in [0.2, 0.25) is 0 Å². The molecule has 7 rings (SSSR count). The minimum atomic E-state index is 0.174. The first kappa shape index (κ1) is 27.6. The van der Waals surface area contributed by atoms with Crippen molar-refractivity contribution in [2.24, 2.45) is 0 Å². The lowest BCUT2D eigenvalue weighted by molar-refractivity contribution is 0.282. The monoisotopic (exact) mass is 562 g/mol. The van der Waals surface area contributed by atoms with E-state index in [1.807, 2.05) is 0 Å². The van der Waals surface area contributed by atoms with E-state index in [2.05, 4.69) is 132 Å². The van der Waals surface area contributed by atoms with Crippen molar-refractivity contribution in [1.29, 1.82) is 0 Å². The normalized spacial score (nSPS) is 13.0. The molecule has 1 N–H and O–H groups in total. The Labute approximate surface area is 256 Å². The summed E-state index contributed by atoms with van der Waals surface area (Å²) in [5.74, 6) is 0. The maximum Gasteiger partial charge on any atom is 0.252 e. The van der Waals surface area contributed by atoms with Gasteiger partial charge in [-0.25, -0.2) is 0 Å². The second-order valence-electron chi connectivity index (χ2n) is 12.0. The van der Waals surface area contributed by atoms with Crippen molar-refractivity contribution in [3.63, 3.8) is 0 Å². The van der Waals surface area contributed by atoms with E-state index in [1.54, 1.807) is 0 Å². The zero-order chi connectivity index (χ0) is 29.2. The van der Waals surface area contributed by atoms with Gasteiger partial charge in [-0.3, -0.25) is 0 Å². The molecule has 0 saturated heterocycles. The highest BCUT2D eigenvalue weighted by Crippen LogP contribution is 2.43. The molecule has 5 aromatic carbocycles. The Morgan fingerprint density at radius 2 is 1.00 bits per heavy atom. The second-order valence-corrected chi connectivity index (χ2v) is 12.0. The van der Waals surface area contributed by atoms with Gasteiger partial charge in [0.25, 0.3) is 6.71 Å². The molecule has 2 heterocycles. The van der Waals surface area contributed by atoms with Crippen LogP contribution in [0, 0.1) is 6.92 Å². The fourth-order valence-corrected chi connectivity index (χ4v) is 7.05. The molecular formula is C39H39BN2O. The Balaban J connectivity index is 1.26. The van der Waals surface area contributed by atoms with Gasteiger partial charge in [0.15, 0.2) is 0 Å². The van der Waals surface area contributed by atoms with E-state index in [9.17, 15) is 0 Å². The predicted molar refractivity (Wildman–Crippen MR) is 184 cm³/mol. The molecule has 5 aromatic rings. The molecule has 4 heteroatoms. The molecule has 3 nitrogen and oxygen atoms in total. The number of para-hydroxylation sites is 2. The Kier molecular flexibility index (Phi) is 7.78. The summed E-state index contributed by atoms with van der Waals surface area (Å²) in [4.78, 5) is 4.92. The van der Waals surface area contributed by atoms with Gasteiger partial charge in [-0.15, -0.1) is 0 Å². The van der Waals surface area contributed by atoms with Crippen LogP contribution in [-0.2, 0) is 6.42 Å². The SMILES string of the molecule is Cc1ccc(N2c3ccccc3B3c4ccccc4N(c4ccc(CCCCCCCCO)cc4)c4cccc2c43)cc1. The molecule has 0 radical (unpaired) electrons. The van der Waals surface area contributed by atoms with Gasteiger partial charge < -0.3 is 14.9 Å². The summed E-state index contributed by atoms with van der Waals surface area (Å²) in [7, 11) is 0. The van der Waals surface area contributed by atoms with Gasteiger partial charge in [0, 0.05) is 40.7 Å². The lowest BCUT2D eigenvalue weighted by Gasteiger charge is -2.44. The third kappa shape index (κ3) is 5.15. The fraction of sp³-hybridized carbons (Fsp3) is 0.231. The number of unbranched alkanes of at least 4 members (excludes halogenated alkanes) is 5. The molecule has 0 unspecified atom stereocenters. The van der Waals surface area contributed by atoms with Gasteiger partial charge in [-0.05, 0) is 96.7 Å². The van der Waals surface area contributed by atoms with E-state index in [1.165, 1.54) is 87.3 Å². The van der Waals surface area contributed by atoms with Gasteiger partial charge in [-0.1, -0.05) is 98.0 Å². The molecule has 0 amide bonds. The van der Waals surface area contributed by atoms with E-state index in [4.69, 9.17) is 5.11 Å². The van der Waals surface area contributed by atoms with Crippen molar-refractivity contribution in [3.8, 4) is 0 Å². The highest BCUT2D eigenvalue weighted by Gasteiger charge is 2.42. The summed E-state index contributed by atoms with van der Waals surface area (Å²) in [6.07, 6.45) is 8.13. The van der Waals surface area contributed by atoms with Crippen LogP contribution in [0.1, 0.15) is 49.7 Å². The van der Waals surface area contributed by atoms with Crippen molar-refractivity contribution < 1.29 is 5.11 Å². The summed E-state index contributed by atoms with van der Waals surface area (Å²) in [6, 6.07) is 42.9. The van der Waals surface area contributed by atoms with Gasteiger partial charge >= 0.3 is 0 Å². The smallest absolute Gasteiger partial charge is 0.252 e. The van der Waals surface area contributed by atoms with E-state index < -0.39 is 0 Å². The van der Waals surface area contributed by atoms with Crippen molar-refractivity contribution in [1.82, 2.24) is 0 Å². The molecular weight excluding hydrogens is 523 g/mol. The third-order valence-corrected chi connectivity index (χ3v) is 9.17. The summed E-state index contributed by atoms with van der Waals surface area (Å²) in [6.45, 7) is 2.64. The number of hydrogen-bond donors (Lipinski definition) is 1. The molecule has 0 atom stereocenters. The average molecular weight is 563 g/mol. The van der Waals surface area contributed by atoms with E-state index >= 15 is 0 Å². The number of nitrogens with zero attached hydrogens (tertiary/aromatic N) is 2. The van der Waals surface area contributed by atoms with Crippen LogP contribution in [0.5, 0.6) is 0 Å². The van der Waals surface area contributed by atoms with E-state index in [0.717, 1.165) is 19.3 Å². The van der Waals surface area contributed by atoms with Crippen molar-refractivity contribution in [3.05, 3.63) is 126 Å². The van der Waals surface area contributed by atoms with E-state index in [-0.39, 0.29) is 6.71 Å². The number of hydrogen-bond acceptors (Lipinski definition) is 3. The molecule has 0 bridgehead atoms. The van der Waals surface area contributed by atoms with Crippen LogP contribution < -0.4 is 26.2 Å². The summed E-state index contributed by atoms with van der Waals surface area (Å²) in [5, 5.41) is 8.99. The van der Waals surface area contributed by atoms with E-state index in [0.29, 0.717) is 6.61 Å². The Hall–Kier alpha value is -4.28. The summed E-state index contributed by atoms with van der Waals surface area (Å²) in [5.41, 5.74) is 14.1. The van der Waals surface area contributed by atoms with Crippen LogP contribution in [0.3, 0.4) is 0 Å². The fourth-order valence-electron chi connectivity index (χ4n) is 7.05. The summed E-state index contributed by atoms with van der Waals surface area (Å²) >= 11 is 0. The molecule has 0 spiro atoms. The zero-order valence-electron chi connectivity index (χ0n) is 25.0. The zero-order valence-corrected chi connectivity index (χ0v) is 25.0. The lowest BCUT2D eigenvalue weighted by atomic mass is 9.33. The maximum absolute atomic E-state index is 8.99. The van der Waals surface area contributed by atoms with Gasteiger partial charge in [-0.2, -0.15) is 0 Å². The molecule has 0 fully saturated rings. The first-order valence-electron chi connectivity index (χ1n) is 15.9. The number of aliphatic hydroxyl groups excluding tert-OH is 1. The number of fused-ring (bicyclic) bond motifs is 4. The van der Waals surface area contributed by atoms with Crippen LogP contribution in [0.25, 0.3) is 0 Å². The minimum Gasteiger partial charge on any atom is -0.396 e.